The lowest BCUT2D eigenvalue weighted by Gasteiger charge is -2.23. The zero-order valence-corrected chi connectivity index (χ0v) is 25.2. The van der Waals surface area contributed by atoms with Gasteiger partial charge in [0, 0.05) is 41.6 Å². The van der Waals surface area contributed by atoms with E-state index in [1.54, 1.807) is 18.5 Å². The van der Waals surface area contributed by atoms with Gasteiger partial charge in [0.25, 0.3) is 0 Å². The zero-order chi connectivity index (χ0) is 30.5. The Bertz CT molecular complexity index is 1840. The molecule has 43 heavy (non-hydrogen) atoms. The number of sulfonamides is 1. The Morgan fingerprint density at radius 3 is 2.63 bits per heavy atom. The highest BCUT2D eigenvalue weighted by Gasteiger charge is 2.33. The number of ether oxygens (including phenoxy) is 1. The van der Waals surface area contributed by atoms with Crippen LogP contribution in [0.4, 0.5) is 8.78 Å². The van der Waals surface area contributed by atoms with Crippen LogP contribution in [-0.4, -0.2) is 51.8 Å². The summed E-state index contributed by atoms with van der Waals surface area (Å²) in [6.07, 6.45) is 9.18. The summed E-state index contributed by atoms with van der Waals surface area (Å²) in [6, 6.07) is 3.59. The highest BCUT2D eigenvalue weighted by Crippen LogP contribution is 2.40. The van der Waals surface area contributed by atoms with Crippen molar-refractivity contribution in [2.75, 3.05) is 12.9 Å². The molecule has 2 N–H and O–H groups in total. The van der Waals surface area contributed by atoms with E-state index in [2.05, 4.69) is 15.1 Å². The Hall–Kier alpha value is -3.33. The van der Waals surface area contributed by atoms with Crippen molar-refractivity contribution in [3.63, 3.8) is 0 Å². The van der Waals surface area contributed by atoms with E-state index in [-0.39, 0.29) is 12.1 Å². The van der Waals surface area contributed by atoms with E-state index >= 15 is 4.39 Å². The number of rotatable bonds is 9. The predicted octanol–water partition coefficient (Wildman–Crippen LogP) is 5.44. The molecule has 2 atom stereocenters. The summed E-state index contributed by atoms with van der Waals surface area (Å²) in [5.41, 5.74) is 0.297. The average Bonchev–Trinajstić information content (AvgIpc) is 3.78. The lowest BCUT2D eigenvalue weighted by Crippen LogP contribution is -2.24. The molecule has 10 nitrogen and oxygen atoms in total. The number of benzene rings is 1. The number of pyridine rings is 1. The fourth-order valence-corrected chi connectivity index (χ4v) is 7.08. The maximum atomic E-state index is 15.9. The van der Waals surface area contributed by atoms with E-state index in [1.807, 2.05) is 6.26 Å². The van der Waals surface area contributed by atoms with E-state index in [9.17, 15) is 17.6 Å². The molecular formula is C29H30F2N6O4S2. The minimum absolute atomic E-state index is 0.125. The summed E-state index contributed by atoms with van der Waals surface area (Å²) in [6.45, 7) is 1.95. The standard InChI is InChI=1S/C29H30F2N6O4S2/c1-3-21(43(32,39)40)23-20(30)10-9-17(24(23)31)26(38)25-18-12-16(19-14-33-27(15-7-8-15)35-29(19)42-2)13-34-28(18)37(36-25)22-6-4-5-11-41-22/h9-10,12-15,21-22H,3-8,11H2,1-2H3,(H2,32,39,40). The van der Waals surface area contributed by atoms with Gasteiger partial charge in [0.2, 0.25) is 15.8 Å². The topological polar surface area (TPSA) is 143 Å². The maximum absolute atomic E-state index is 15.9. The molecule has 2 unspecified atom stereocenters. The number of fused-ring (bicyclic) bond motifs is 1. The molecule has 2 aliphatic rings. The van der Waals surface area contributed by atoms with Crippen LogP contribution < -0.4 is 5.14 Å². The summed E-state index contributed by atoms with van der Waals surface area (Å²) in [4.78, 5) is 27.9. The molecule has 1 saturated carbocycles. The molecule has 0 bridgehead atoms. The van der Waals surface area contributed by atoms with Gasteiger partial charge >= 0.3 is 0 Å². The molecule has 0 spiro atoms. The van der Waals surface area contributed by atoms with Gasteiger partial charge in [0.05, 0.1) is 10.9 Å². The molecule has 1 aliphatic heterocycles. The normalized spacial score (nSPS) is 18.2. The third-order valence-electron chi connectivity index (χ3n) is 7.87. The lowest BCUT2D eigenvalue weighted by molar-refractivity contribution is -0.0371. The number of carbonyl (C=O) groups excluding carboxylic acids is 1. The second-order valence-corrected chi connectivity index (χ2v) is 13.3. The van der Waals surface area contributed by atoms with Crippen LogP contribution in [0, 0.1) is 11.6 Å². The summed E-state index contributed by atoms with van der Waals surface area (Å²) >= 11 is 1.47. The van der Waals surface area contributed by atoms with Gasteiger partial charge in [-0.2, -0.15) is 5.10 Å². The molecule has 1 saturated heterocycles. The first-order valence-corrected chi connectivity index (χ1v) is 16.9. The molecular weight excluding hydrogens is 598 g/mol. The third-order valence-corrected chi connectivity index (χ3v) is 9.93. The van der Waals surface area contributed by atoms with Gasteiger partial charge in [-0.25, -0.2) is 42.0 Å². The number of primary sulfonamides is 1. The van der Waals surface area contributed by atoms with E-state index in [4.69, 9.17) is 14.9 Å². The molecule has 0 radical (unpaired) electrons. The first-order chi connectivity index (χ1) is 20.6. The minimum atomic E-state index is -4.36. The Morgan fingerprint density at radius 2 is 1.98 bits per heavy atom. The Balaban J connectivity index is 1.51. The third kappa shape index (κ3) is 5.56. The fourth-order valence-electron chi connectivity index (χ4n) is 5.49. The zero-order valence-electron chi connectivity index (χ0n) is 23.6. The number of nitrogens with zero attached hydrogens (tertiary/aromatic N) is 5. The second kappa shape index (κ2) is 11.6. The first kappa shape index (κ1) is 29.7. The van der Waals surface area contributed by atoms with Crippen molar-refractivity contribution in [1.82, 2.24) is 24.7 Å². The monoisotopic (exact) mass is 628 g/mol. The summed E-state index contributed by atoms with van der Waals surface area (Å²) in [5.74, 6) is -2.08. The van der Waals surface area contributed by atoms with Crippen LogP contribution in [0.3, 0.4) is 0 Å². The predicted molar refractivity (Wildman–Crippen MR) is 157 cm³/mol. The van der Waals surface area contributed by atoms with Crippen molar-refractivity contribution in [3.8, 4) is 11.1 Å². The van der Waals surface area contributed by atoms with Crippen LogP contribution in [0.5, 0.6) is 0 Å². The Morgan fingerprint density at radius 1 is 1.19 bits per heavy atom. The first-order valence-electron chi connectivity index (χ1n) is 14.1. The molecule has 1 aromatic carbocycles. The van der Waals surface area contributed by atoms with Crippen LogP contribution in [-0.2, 0) is 14.8 Å². The van der Waals surface area contributed by atoms with Crippen LogP contribution in [0.1, 0.15) is 90.3 Å². The lowest BCUT2D eigenvalue weighted by atomic mass is 9.99. The van der Waals surface area contributed by atoms with Crippen molar-refractivity contribution in [3.05, 3.63) is 64.9 Å². The number of thioether (sulfide) groups is 1. The van der Waals surface area contributed by atoms with Crippen molar-refractivity contribution in [2.24, 2.45) is 5.14 Å². The van der Waals surface area contributed by atoms with E-state index in [0.29, 0.717) is 35.5 Å². The van der Waals surface area contributed by atoms with Crippen LogP contribution in [0.2, 0.25) is 0 Å². The average molecular weight is 629 g/mol. The molecule has 14 heteroatoms. The van der Waals surface area contributed by atoms with Crippen molar-refractivity contribution >= 4 is 38.6 Å². The number of carbonyl (C=O) groups is 1. The van der Waals surface area contributed by atoms with Gasteiger partial charge in [0.15, 0.2) is 11.9 Å². The highest BCUT2D eigenvalue weighted by molar-refractivity contribution is 7.98. The molecule has 1 aliphatic carbocycles. The van der Waals surface area contributed by atoms with Gasteiger partial charge in [-0.05, 0) is 63.0 Å². The molecule has 4 aromatic rings. The minimum Gasteiger partial charge on any atom is -0.356 e. The number of ketones is 1. The van der Waals surface area contributed by atoms with Crippen molar-refractivity contribution < 1.29 is 26.7 Å². The molecule has 2 fully saturated rings. The molecule has 6 rings (SSSR count). The van der Waals surface area contributed by atoms with Gasteiger partial charge in [0.1, 0.15) is 33.4 Å². The van der Waals surface area contributed by atoms with E-state index in [1.165, 1.54) is 23.4 Å². The Labute approximate surface area is 251 Å². The highest BCUT2D eigenvalue weighted by atomic mass is 32.2. The Kier molecular flexibility index (Phi) is 8.05. The van der Waals surface area contributed by atoms with Crippen molar-refractivity contribution in [2.45, 2.75) is 67.9 Å². The van der Waals surface area contributed by atoms with Crippen LogP contribution in [0.25, 0.3) is 22.2 Å². The molecule has 0 amide bonds. The van der Waals surface area contributed by atoms with E-state index < -0.39 is 50.0 Å². The number of hydrogen-bond acceptors (Lipinski definition) is 9. The molecule has 4 heterocycles. The summed E-state index contributed by atoms with van der Waals surface area (Å²) < 4.78 is 62.5. The largest absolute Gasteiger partial charge is 0.356 e. The molecule has 3 aromatic heterocycles. The van der Waals surface area contributed by atoms with Crippen LogP contribution in [0.15, 0.2) is 35.6 Å². The smallest absolute Gasteiger partial charge is 0.216 e. The number of aromatic nitrogens is 5. The fraction of sp³-hybridized carbons (Fsp3) is 0.414. The quantitative estimate of drug-likeness (QED) is 0.146. The van der Waals surface area contributed by atoms with Gasteiger partial charge < -0.3 is 4.74 Å². The second-order valence-electron chi connectivity index (χ2n) is 10.8. The summed E-state index contributed by atoms with van der Waals surface area (Å²) in [5, 5.41) is 9.27. The van der Waals surface area contributed by atoms with E-state index in [0.717, 1.165) is 54.2 Å². The summed E-state index contributed by atoms with van der Waals surface area (Å²) in [7, 11) is -4.36. The number of nitrogens with two attached hydrogens (primary N) is 1. The van der Waals surface area contributed by atoms with Gasteiger partial charge in [-0.15, -0.1) is 11.8 Å². The molecule has 226 valence electrons. The van der Waals surface area contributed by atoms with Gasteiger partial charge in [-0.1, -0.05) is 6.92 Å². The van der Waals surface area contributed by atoms with Gasteiger partial charge in [-0.3, -0.25) is 4.79 Å². The SMILES string of the molecule is CCC(c1c(F)ccc(C(=O)c2nn(C3CCCCO3)c3ncc(-c4cnc(C5CC5)nc4SC)cc23)c1F)S(N)(=O)=O. The van der Waals surface area contributed by atoms with Crippen LogP contribution >= 0.6 is 11.8 Å². The maximum Gasteiger partial charge on any atom is 0.216 e. The van der Waals surface area contributed by atoms with Crippen molar-refractivity contribution in [1.29, 1.82) is 0 Å². The number of halogens is 2. The number of hydrogen-bond donors (Lipinski definition) is 1.